The van der Waals surface area contributed by atoms with Gasteiger partial charge in [-0.3, -0.25) is 0 Å². The van der Waals surface area contributed by atoms with E-state index in [1.165, 1.54) is 49.7 Å². The molecule has 2 aliphatic carbocycles. The van der Waals surface area contributed by atoms with Crippen LogP contribution in [0.4, 0.5) is 0 Å². The van der Waals surface area contributed by atoms with Gasteiger partial charge in [-0.25, -0.2) is 0 Å². The Kier molecular flexibility index (Phi) is 3.43. The highest BCUT2D eigenvalue weighted by molar-refractivity contribution is 5.41. The van der Waals surface area contributed by atoms with Crippen molar-refractivity contribution in [3.05, 3.63) is 35.4 Å². The van der Waals surface area contributed by atoms with Gasteiger partial charge in [0.1, 0.15) is 0 Å². The Morgan fingerprint density at radius 2 is 2.00 bits per heavy atom. The molecule has 0 aromatic heterocycles. The highest BCUT2D eigenvalue weighted by Crippen LogP contribution is 2.43. The maximum Gasteiger partial charge on any atom is 0.0142 e. The molecule has 2 aliphatic rings. The van der Waals surface area contributed by atoms with Gasteiger partial charge in [0.05, 0.1) is 0 Å². The van der Waals surface area contributed by atoms with Crippen LogP contribution in [0, 0.1) is 11.8 Å². The van der Waals surface area contributed by atoms with Crippen LogP contribution in [0.2, 0.25) is 0 Å². The van der Waals surface area contributed by atoms with Crippen LogP contribution < -0.4 is 5.73 Å². The summed E-state index contributed by atoms with van der Waals surface area (Å²) in [6.07, 6.45) is 8.10. The van der Waals surface area contributed by atoms with Gasteiger partial charge in [-0.2, -0.15) is 0 Å². The summed E-state index contributed by atoms with van der Waals surface area (Å²) in [6.45, 7) is 2.34. The number of hydrogen-bond acceptors (Lipinski definition) is 1. The topological polar surface area (TPSA) is 26.0 Å². The van der Waals surface area contributed by atoms with Gasteiger partial charge in [-0.1, -0.05) is 56.9 Å². The normalized spacial score (nSPS) is 32.4. The maximum atomic E-state index is 6.63. The van der Waals surface area contributed by atoms with Crippen molar-refractivity contribution < 1.29 is 0 Å². The van der Waals surface area contributed by atoms with Crippen molar-refractivity contribution in [2.24, 2.45) is 17.6 Å². The third-order valence-electron chi connectivity index (χ3n) is 5.35. The van der Waals surface area contributed by atoms with Gasteiger partial charge in [0, 0.05) is 12.0 Å². The molecule has 0 aliphatic heterocycles. The van der Waals surface area contributed by atoms with Crippen molar-refractivity contribution in [1.29, 1.82) is 0 Å². The van der Waals surface area contributed by atoms with Crippen LogP contribution in [0.1, 0.15) is 56.1 Å². The van der Waals surface area contributed by atoms with Crippen LogP contribution in [-0.4, -0.2) is 6.04 Å². The zero-order valence-corrected chi connectivity index (χ0v) is 11.4. The summed E-state index contributed by atoms with van der Waals surface area (Å²) in [5.74, 6) is 2.28. The molecule has 1 heteroatoms. The summed E-state index contributed by atoms with van der Waals surface area (Å²) in [5.41, 5.74) is 9.70. The number of nitrogens with two attached hydrogens (primary N) is 1. The van der Waals surface area contributed by atoms with E-state index in [1.54, 1.807) is 0 Å². The molecule has 0 heterocycles. The highest BCUT2D eigenvalue weighted by Gasteiger charge is 2.38. The number of hydrogen-bond donors (Lipinski definition) is 1. The van der Waals surface area contributed by atoms with E-state index in [1.807, 2.05) is 0 Å². The maximum absolute atomic E-state index is 6.63. The molecule has 0 spiro atoms. The molecule has 18 heavy (non-hydrogen) atoms. The van der Waals surface area contributed by atoms with Gasteiger partial charge in [0.25, 0.3) is 0 Å². The van der Waals surface area contributed by atoms with Crippen molar-refractivity contribution in [1.82, 2.24) is 0 Å². The van der Waals surface area contributed by atoms with Gasteiger partial charge < -0.3 is 5.73 Å². The average Bonchev–Trinajstić information content (AvgIpc) is 2.40. The fourth-order valence-corrected chi connectivity index (χ4v) is 4.19. The van der Waals surface area contributed by atoms with Crippen molar-refractivity contribution in [3.63, 3.8) is 0 Å². The number of fused-ring (bicyclic) bond motifs is 1. The quantitative estimate of drug-likeness (QED) is 0.857. The van der Waals surface area contributed by atoms with Crippen molar-refractivity contribution in [2.45, 2.75) is 57.4 Å². The molecule has 0 radical (unpaired) electrons. The van der Waals surface area contributed by atoms with E-state index in [0.29, 0.717) is 12.0 Å². The van der Waals surface area contributed by atoms with Crippen LogP contribution in [0.5, 0.6) is 0 Å². The molecule has 1 nitrogen and oxygen atoms in total. The fraction of sp³-hybridized carbons (Fsp3) is 0.647. The van der Waals surface area contributed by atoms with Crippen molar-refractivity contribution in [3.8, 4) is 0 Å². The summed E-state index contributed by atoms with van der Waals surface area (Å²) in [7, 11) is 0. The number of benzene rings is 1. The first-order chi connectivity index (χ1) is 8.81. The SMILES string of the molecule is CCC1CCCCC1C(N)C1Cc2ccccc21. The first-order valence-electron chi connectivity index (χ1n) is 7.64. The van der Waals surface area contributed by atoms with E-state index in [4.69, 9.17) is 5.73 Å². The van der Waals surface area contributed by atoms with E-state index in [9.17, 15) is 0 Å². The third kappa shape index (κ3) is 1.99. The summed E-state index contributed by atoms with van der Waals surface area (Å²) in [5, 5.41) is 0. The van der Waals surface area contributed by atoms with Gasteiger partial charge in [0.15, 0.2) is 0 Å². The third-order valence-corrected chi connectivity index (χ3v) is 5.35. The molecule has 1 aromatic rings. The molecule has 0 saturated heterocycles. The molecule has 3 rings (SSSR count). The van der Waals surface area contributed by atoms with Crippen LogP contribution >= 0.6 is 0 Å². The zero-order valence-electron chi connectivity index (χ0n) is 11.4. The second-order valence-electron chi connectivity index (χ2n) is 6.20. The Bertz CT molecular complexity index is 412. The lowest BCUT2D eigenvalue weighted by Gasteiger charge is -2.43. The van der Waals surface area contributed by atoms with Gasteiger partial charge in [-0.05, 0) is 35.8 Å². The fourth-order valence-electron chi connectivity index (χ4n) is 4.19. The van der Waals surface area contributed by atoms with Crippen LogP contribution in [-0.2, 0) is 6.42 Å². The van der Waals surface area contributed by atoms with Gasteiger partial charge in [-0.15, -0.1) is 0 Å². The monoisotopic (exact) mass is 243 g/mol. The molecular weight excluding hydrogens is 218 g/mol. The Balaban J connectivity index is 1.74. The summed E-state index contributed by atoms with van der Waals surface area (Å²) < 4.78 is 0. The highest BCUT2D eigenvalue weighted by atomic mass is 14.7. The largest absolute Gasteiger partial charge is 0.327 e. The minimum Gasteiger partial charge on any atom is -0.327 e. The molecule has 4 unspecified atom stereocenters. The summed E-state index contributed by atoms with van der Waals surface area (Å²) >= 11 is 0. The first kappa shape index (κ1) is 12.2. The van der Waals surface area contributed by atoms with Crippen molar-refractivity contribution in [2.75, 3.05) is 0 Å². The molecule has 0 bridgehead atoms. The second kappa shape index (κ2) is 5.05. The molecule has 1 fully saturated rings. The molecule has 0 amide bonds. The first-order valence-corrected chi connectivity index (χ1v) is 7.64. The van der Waals surface area contributed by atoms with Crippen LogP contribution in [0.25, 0.3) is 0 Å². The molecular formula is C17H25N. The van der Waals surface area contributed by atoms with Gasteiger partial charge >= 0.3 is 0 Å². The minimum atomic E-state index is 0.394. The predicted molar refractivity (Wildman–Crippen MR) is 76.6 cm³/mol. The Hall–Kier alpha value is -0.820. The Labute approximate surface area is 111 Å². The lowest BCUT2D eigenvalue weighted by molar-refractivity contribution is 0.174. The minimum absolute atomic E-state index is 0.394. The van der Waals surface area contributed by atoms with E-state index >= 15 is 0 Å². The van der Waals surface area contributed by atoms with E-state index in [2.05, 4.69) is 31.2 Å². The van der Waals surface area contributed by atoms with E-state index < -0.39 is 0 Å². The van der Waals surface area contributed by atoms with Crippen LogP contribution in [0.15, 0.2) is 24.3 Å². The van der Waals surface area contributed by atoms with Crippen LogP contribution in [0.3, 0.4) is 0 Å². The predicted octanol–water partition coefficient (Wildman–Crippen LogP) is 3.87. The smallest absolute Gasteiger partial charge is 0.0142 e. The lowest BCUT2D eigenvalue weighted by atomic mass is 9.64. The second-order valence-corrected chi connectivity index (χ2v) is 6.20. The van der Waals surface area contributed by atoms with E-state index in [-0.39, 0.29) is 0 Å². The Morgan fingerprint density at radius 3 is 2.78 bits per heavy atom. The molecule has 4 atom stereocenters. The standard InChI is InChI=1S/C17H25N/c1-2-12-7-3-6-10-15(12)17(18)16-11-13-8-4-5-9-14(13)16/h4-5,8-9,12,15-17H,2-3,6-7,10-11,18H2,1H3. The average molecular weight is 243 g/mol. The zero-order chi connectivity index (χ0) is 12.5. The van der Waals surface area contributed by atoms with E-state index in [0.717, 1.165) is 11.8 Å². The Morgan fingerprint density at radius 1 is 1.22 bits per heavy atom. The summed E-state index contributed by atoms with van der Waals surface area (Å²) in [6, 6.07) is 9.25. The summed E-state index contributed by atoms with van der Waals surface area (Å²) in [4.78, 5) is 0. The molecule has 1 aromatic carbocycles. The molecule has 98 valence electrons. The van der Waals surface area contributed by atoms with Crippen molar-refractivity contribution >= 4 is 0 Å². The van der Waals surface area contributed by atoms with Gasteiger partial charge in [0.2, 0.25) is 0 Å². The molecule has 1 saturated carbocycles. The molecule has 2 N–H and O–H groups in total. The lowest BCUT2D eigenvalue weighted by Crippen LogP contribution is -2.45. The number of rotatable bonds is 3.